The fourth-order valence-electron chi connectivity index (χ4n) is 7.11. The van der Waals surface area contributed by atoms with Crippen LogP contribution in [-0.2, 0) is 16.6 Å². The molecular formula is C21H26NO6+. The number of ketones is 1. The molecule has 1 spiro atoms. The van der Waals surface area contributed by atoms with Gasteiger partial charge in [-0.25, -0.2) is 0 Å². The van der Waals surface area contributed by atoms with Crippen LogP contribution in [-0.4, -0.2) is 80.3 Å². The van der Waals surface area contributed by atoms with Crippen LogP contribution in [0.15, 0.2) is 12.1 Å². The average Bonchev–Trinajstić information content (AvgIpc) is 3.20. The lowest BCUT2D eigenvalue weighted by Gasteiger charge is -2.66. The summed E-state index contributed by atoms with van der Waals surface area (Å²) in [6.45, 7) is 0.809. The predicted molar refractivity (Wildman–Crippen MR) is 97.0 cm³/mol. The zero-order valence-electron chi connectivity index (χ0n) is 15.9. The number of carbonyl (C=O) groups is 1. The lowest BCUT2D eigenvalue weighted by atomic mass is 9.47. The monoisotopic (exact) mass is 388 g/mol. The first-order chi connectivity index (χ1) is 13.1. The first-order valence-corrected chi connectivity index (χ1v) is 10.2. The third kappa shape index (κ3) is 1.70. The first kappa shape index (κ1) is 17.2. The minimum Gasteiger partial charge on any atom is -0.504 e. The van der Waals surface area contributed by atoms with Crippen LogP contribution in [0, 0.1) is 0 Å². The molecule has 28 heavy (non-hydrogen) atoms. The lowest BCUT2D eigenvalue weighted by molar-refractivity contribution is -0.956. The number of aliphatic hydroxyl groups is 3. The van der Waals surface area contributed by atoms with Crippen LogP contribution < -0.4 is 4.74 Å². The number of likely N-dealkylation sites (tertiary alicyclic amines) is 1. The van der Waals surface area contributed by atoms with Crippen molar-refractivity contribution in [3.05, 3.63) is 23.3 Å². The molecule has 2 bridgehead atoms. The van der Waals surface area contributed by atoms with Crippen molar-refractivity contribution in [2.45, 2.75) is 67.0 Å². The second-order valence-corrected chi connectivity index (χ2v) is 9.99. The normalized spacial score (nSPS) is 46.7. The van der Waals surface area contributed by atoms with Crippen molar-refractivity contribution in [3.63, 3.8) is 0 Å². The Morgan fingerprint density at radius 2 is 2.00 bits per heavy atom. The number of quaternary nitrogens is 1. The molecule has 0 amide bonds. The molecule has 0 aromatic heterocycles. The summed E-state index contributed by atoms with van der Waals surface area (Å²) in [4.78, 5) is 12.8. The number of aromatic hydroxyl groups is 1. The average molecular weight is 388 g/mol. The number of hydrogen-bond donors (Lipinski definition) is 4. The molecule has 0 unspecified atom stereocenters. The number of rotatable bonds is 2. The molecule has 1 aromatic carbocycles. The second-order valence-electron chi connectivity index (χ2n) is 9.99. The van der Waals surface area contributed by atoms with Crippen LogP contribution in [0.1, 0.15) is 36.8 Å². The first-order valence-electron chi connectivity index (χ1n) is 10.2. The summed E-state index contributed by atoms with van der Waals surface area (Å²) < 4.78 is 6.33. The van der Waals surface area contributed by atoms with E-state index in [-0.39, 0.29) is 36.2 Å². The van der Waals surface area contributed by atoms with Gasteiger partial charge in [0.25, 0.3) is 0 Å². The Hall–Kier alpha value is -1.67. The number of nitrogens with zero attached hydrogens (tertiary/aromatic N) is 1. The number of likely N-dealkylation sites (N-methyl/N-ethyl adjacent to an activating group) is 1. The number of phenols is 1. The van der Waals surface area contributed by atoms with E-state index in [1.54, 1.807) is 6.07 Å². The maximum atomic E-state index is 12.8. The van der Waals surface area contributed by atoms with Crippen molar-refractivity contribution in [2.75, 3.05) is 20.1 Å². The number of ether oxygens (including phenoxy) is 1. The molecular weight excluding hydrogens is 362 g/mol. The van der Waals surface area contributed by atoms with Gasteiger partial charge >= 0.3 is 0 Å². The summed E-state index contributed by atoms with van der Waals surface area (Å²) in [5.74, 6) is 0.0480. The van der Waals surface area contributed by atoms with E-state index in [0.717, 1.165) is 18.4 Å². The largest absolute Gasteiger partial charge is 0.504 e. The van der Waals surface area contributed by atoms with Crippen molar-refractivity contribution in [1.29, 1.82) is 0 Å². The number of Topliss-reactive ketones (excluding diaryl/α,β-unsaturated/α-hetero) is 1. The Bertz CT molecular complexity index is 928. The van der Waals surface area contributed by atoms with Crippen LogP contribution in [0.25, 0.3) is 0 Å². The van der Waals surface area contributed by atoms with E-state index in [9.17, 15) is 25.2 Å². The number of aliphatic hydroxyl groups excluding tert-OH is 1. The van der Waals surface area contributed by atoms with Crippen LogP contribution >= 0.6 is 0 Å². The Balaban J connectivity index is 1.62. The van der Waals surface area contributed by atoms with Gasteiger partial charge in [-0.15, -0.1) is 0 Å². The minimum absolute atomic E-state index is 0.0570. The van der Waals surface area contributed by atoms with E-state index < -0.39 is 28.8 Å². The summed E-state index contributed by atoms with van der Waals surface area (Å²) in [6.07, 6.45) is 0.485. The van der Waals surface area contributed by atoms with Gasteiger partial charge in [0.15, 0.2) is 23.4 Å². The van der Waals surface area contributed by atoms with Crippen LogP contribution in [0.2, 0.25) is 0 Å². The highest BCUT2D eigenvalue weighted by Crippen LogP contribution is 2.66. The van der Waals surface area contributed by atoms with E-state index >= 15 is 0 Å². The molecule has 3 fully saturated rings. The molecule has 1 saturated heterocycles. The molecule has 2 aliphatic heterocycles. The maximum Gasteiger partial charge on any atom is 0.174 e. The van der Waals surface area contributed by atoms with Crippen LogP contribution in [0.4, 0.5) is 0 Å². The molecule has 7 nitrogen and oxygen atoms in total. The molecule has 0 radical (unpaired) electrons. The van der Waals surface area contributed by atoms with Gasteiger partial charge in [0.05, 0.1) is 7.05 Å². The molecule has 3 aliphatic carbocycles. The lowest BCUT2D eigenvalue weighted by Crippen LogP contribution is -2.85. The van der Waals surface area contributed by atoms with Gasteiger partial charge < -0.3 is 29.6 Å². The van der Waals surface area contributed by atoms with Gasteiger partial charge in [-0.1, -0.05) is 6.07 Å². The Labute approximate surface area is 162 Å². The van der Waals surface area contributed by atoms with Crippen LogP contribution in [0.5, 0.6) is 11.5 Å². The zero-order valence-corrected chi connectivity index (χ0v) is 15.9. The SMILES string of the molecule is C[N@+]1(CC2(O)CC2)C[C@@H](O)[C@]23c4c5ccc(O)c4O[C@H]2C(=O)CC[C@@]3(O)[C@@H]1C5. The molecule has 7 heteroatoms. The highest BCUT2D eigenvalue weighted by Gasteiger charge is 2.80. The van der Waals surface area contributed by atoms with E-state index in [1.165, 1.54) is 0 Å². The van der Waals surface area contributed by atoms with E-state index in [2.05, 4.69) is 0 Å². The molecule has 1 aromatic rings. The summed E-state index contributed by atoms with van der Waals surface area (Å²) in [6, 6.07) is 3.13. The number of carbonyl (C=O) groups excluding carboxylic acids is 1. The fraction of sp³-hybridized carbons (Fsp3) is 0.667. The zero-order chi connectivity index (χ0) is 19.7. The van der Waals surface area contributed by atoms with Crippen molar-refractivity contribution >= 4 is 5.78 Å². The van der Waals surface area contributed by atoms with Gasteiger partial charge in [-0.3, -0.25) is 4.79 Å². The quantitative estimate of drug-likeness (QED) is 0.521. The smallest absolute Gasteiger partial charge is 0.174 e. The number of phenolic OH excluding ortho intramolecular Hbond substituents is 1. The number of benzene rings is 1. The second kappa shape index (κ2) is 4.73. The van der Waals surface area contributed by atoms with Crippen molar-refractivity contribution in [2.24, 2.45) is 0 Å². The van der Waals surface area contributed by atoms with Gasteiger partial charge in [-0.2, -0.15) is 0 Å². The topological polar surface area (TPSA) is 107 Å². The molecule has 5 aliphatic rings. The summed E-state index contributed by atoms with van der Waals surface area (Å²) in [7, 11) is 2.00. The highest BCUT2D eigenvalue weighted by atomic mass is 16.5. The van der Waals surface area contributed by atoms with Crippen LogP contribution in [0.3, 0.4) is 0 Å². The molecule has 6 atom stereocenters. The summed E-state index contributed by atoms with van der Waals surface area (Å²) in [5.41, 5.74) is -1.79. The van der Waals surface area contributed by atoms with Gasteiger partial charge in [0.1, 0.15) is 41.9 Å². The van der Waals surface area contributed by atoms with Crippen molar-refractivity contribution < 1.29 is 34.4 Å². The van der Waals surface area contributed by atoms with E-state index in [4.69, 9.17) is 4.74 Å². The van der Waals surface area contributed by atoms with E-state index in [0.29, 0.717) is 29.6 Å². The van der Waals surface area contributed by atoms with Gasteiger partial charge in [0.2, 0.25) is 0 Å². The third-order valence-corrected chi connectivity index (χ3v) is 8.36. The molecule has 2 heterocycles. The molecule has 6 rings (SSSR count). The maximum absolute atomic E-state index is 12.8. The van der Waals surface area contributed by atoms with Crippen molar-refractivity contribution in [1.82, 2.24) is 0 Å². The third-order valence-electron chi connectivity index (χ3n) is 8.36. The number of hydrogen-bond acceptors (Lipinski definition) is 6. The van der Waals surface area contributed by atoms with Crippen molar-refractivity contribution in [3.8, 4) is 11.5 Å². The summed E-state index contributed by atoms with van der Waals surface area (Å²) in [5, 5.41) is 44.7. The molecule has 4 N–H and O–H groups in total. The predicted octanol–water partition coefficient (Wildman–Crippen LogP) is -0.244. The standard InChI is InChI=1S/C21H25NO6/c1-22(10-19(26)6-7-19)9-15(25)21-16-11-2-3-12(23)17(16)28-18(21)13(24)4-5-20(21,27)14(22)8-11/h2-3,14-15,18,25-27H,4-10H2,1H3/p+1/t14-,15+,18-,20+,21-,22+/m0/s1. The molecule has 150 valence electrons. The highest BCUT2D eigenvalue weighted by molar-refractivity contribution is 5.90. The van der Waals surface area contributed by atoms with E-state index in [1.807, 2.05) is 13.1 Å². The Kier molecular flexibility index (Phi) is 2.90. The molecule has 2 saturated carbocycles. The number of piperidine rings is 1. The Morgan fingerprint density at radius 3 is 2.71 bits per heavy atom. The van der Waals surface area contributed by atoms with Gasteiger partial charge in [0, 0.05) is 18.4 Å². The van der Waals surface area contributed by atoms with Gasteiger partial charge in [-0.05, 0) is 30.9 Å². The minimum atomic E-state index is -1.34. The fourth-order valence-corrected chi connectivity index (χ4v) is 7.11. The Morgan fingerprint density at radius 1 is 1.25 bits per heavy atom. The summed E-state index contributed by atoms with van der Waals surface area (Å²) >= 11 is 0.